The van der Waals surface area contributed by atoms with Crippen molar-refractivity contribution < 1.29 is 4.74 Å². The normalized spacial score (nSPS) is 23.9. The minimum absolute atomic E-state index is 0.134. The number of benzene rings is 2. The number of nitriles is 1. The standard InChI is InChI=1S/C19H19N3O/c1-13-18(21)22-19(2,12-23-13)17-5-3-4-16(10-17)15-8-6-14(11-20)7-9-15/h3-10,13H,12H2,1-2H3,(H2,21,22). The highest BCUT2D eigenvalue weighted by Gasteiger charge is 2.32. The van der Waals surface area contributed by atoms with Crippen LogP contribution in [0.1, 0.15) is 25.0 Å². The van der Waals surface area contributed by atoms with Gasteiger partial charge >= 0.3 is 0 Å². The van der Waals surface area contributed by atoms with Crippen LogP contribution in [0.3, 0.4) is 0 Å². The summed E-state index contributed by atoms with van der Waals surface area (Å²) in [7, 11) is 0. The number of hydrogen-bond donors (Lipinski definition) is 1. The summed E-state index contributed by atoms with van der Waals surface area (Å²) in [5.74, 6) is 0.530. The molecule has 0 spiro atoms. The van der Waals surface area contributed by atoms with Crippen molar-refractivity contribution in [2.75, 3.05) is 6.61 Å². The van der Waals surface area contributed by atoms with Crippen molar-refractivity contribution in [1.29, 1.82) is 5.26 Å². The molecule has 2 aromatic carbocycles. The van der Waals surface area contributed by atoms with Gasteiger partial charge in [0.2, 0.25) is 0 Å². The van der Waals surface area contributed by atoms with Gasteiger partial charge < -0.3 is 10.5 Å². The lowest BCUT2D eigenvalue weighted by molar-refractivity contribution is 0.0549. The number of amidine groups is 1. The minimum Gasteiger partial charge on any atom is -0.385 e. The Morgan fingerprint density at radius 3 is 2.61 bits per heavy atom. The van der Waals surface area contributed by atoms with Gasteiger partial charge in [0.25, 0.3) is 0 Å². The van der Waals surface area contributed by atoms with Crippen molar-refractivity contribution in [2.45, 2.75) is 25.5 Å². The fourth-order valence-electron chi connectivity index (χ4n) is 2.70. The van der Waals surface area contributed by atoms with Crippen LogP contribution in [0, 0.1) is 11.3 Å². The van der Waals surface area contributed by atoms with Gasteiger partial charge in [-0.15, -0.1) is 0 Å². The molecule has 1 aliphatic rings. The van der Waals surface area contributed by atoms with E-state index in [-0.39, 0.29) is 6.10 Å². The van der Waals surface area contributed by atoms with E-state index < -0.39 is 5.54 Å². The summed E-state index contributed by atoms with van der Waals surface area (Å²) in [6, 6.07) is 17.9. The van der Waals surface area contributed by atoms with Gasteiger partial charge in [0.05, 0.1) is 18.2 Å². The third-order valence-electron chi connectivity index (χ3n) is 4.24. The van der Waals surface area contributed by atoms with Gasteiger partial charge in [0, 0.05) is 0 Å². The van der Waals surface area contributed by atoms with Crippen LogP contribution >= 0.6 is 0 Å². The van der Waals surface area contributed by atoms with E-state index in [9.17, 15) is 0 Å². The van der Waals surface area contributed by atoms with Crippen LogP contribution in [0.4, 0.5) is 0 Å². The number of rotatable bonds is 2. The zero-order valence-electron chi connectivity index (χ0n) is 13.3. The van der Waals surface area contributed by atoms with Crippen molar-refractivity contribution in [2.24, 2.45) is 10.7 Å². The molecule has 0 saturated carbocycles. The van der Waals surface area contributed by atoms with Crippen molar-refractivity contribution in [3.8, 4) is 17.2 Å². The average molecular weight is 305 g/mol. The van der Waals surface area contributed by atoms with Crippen molar-refractivity contribution in [3.05, 3.63) is 59.7 Å². The Morgan fingerprint density at radius 1 is 1.22 bits per heavy atom. The number of nitrogens with zero attached hydrogens (tertiary/aromatic N) is 2. The molecule has 1 aliphatic heterocycles. The molecule has 1 heterocycles. The summed E-state index contributed by atoms with van der Waals surface area (Å²) >= 11 is 0. The fourth-order valence-corrected chi connectivity index (χ4v) is 2.70. The van der Waals surface area contributed by atoms with Gasteiger partial charge in [0.15, 0.2) is 0 Å². The molecule has 4 nitrogen and oxygen atoms in total. The predicted molar refractivity (Wildman–Crippen MR) is 91.0 cm³/mol. The van der Waals surface area contributed by atoms with E-state index in [4.69, 9.17) is 15.7 Å². The van der Waals surface area contributed by atoms with E-state index in [1.54, 1.807) is 0 Å². The molecule has 23 heavy (non-hydrogen) atoms. The van der Waals surface area contributed by atoms with Crippen LogP contribution < -0.4 is 5.73 Å². The first-order chi connectivity index (χ1) is 11.0. The summed E-state index contributed by atoms with van der Waals surface area (Å²) in [6.45, 7) is 4.45. The largest absolute Gasteiger partial charge is 0.385 e. The van der Waals surface area contributed by atoms with Gasteiger partial charge in [0.1, 0.15) is 17.5 Å². The minimum atomic E-state index is -0.473. The van der Waals surface area contributed by atoms with Gasteiger partial charge in [-0.2, -0.15) is 5.26 Å². The predicted octanol–water partition coefficient (Wildman–Crippen LogP) is 3.22. The van der Waals surface area contributed by atoms with Crippen LogP contribution in [-0.4, -0.2) is 18.5 Å². The molecule has 0 aliphatic carbocycles. The first-order valence-corrected chi connectivity index (χ1v) is 7.60. The molecule has 4 heteroatoms. The molecule has 2 N–H and O–H groups in total. The van der Waals surface area contributed by atoms with Crippen LogP contribution in [0.5, 0.6) is 0 Å². The van der Waals surface area contributed by atoms with Gasteiger partial charge in [-0.3, -0.25) is 4.99 Å². The molecule has 0 bridgehead atoms. The smallest absolute Gasteiger partial charge is 0.124 e. The zero-order chi connectivity index (χ0) is 16.4. The molecule has 2 aromatic rings. The third-order valence-corrected chi connectivity index (χ3v) is 4.24. The second kappa shape index (κ2) is 5.86. The Bertz CT molecular complexity index is 789. The topological polar surface area (TPSA) is 71.4 Å². The van der Waals surface area contributed by atoms with E-state index in [0.29, 0.717) is 18.0 Å². The molecule has 0 radical (unpaired) electrons. The second-order valence-electron chi connectivity index (χ2n) is 6.03. The Balaban J connectivity index is 1.98. The van der Waals surface area contributed by atoms with Gasteiger partial charge in [-0.05, 0) is 48.7 Å². The molecule has 2 unspecified atom stereocenters. The van der Waals surface area contributed by atoms with Crippen LogP contribution in [0.2, 0.25) is 0 Å². The van der Waals surface area contributed by atoms with E-state index in [2.05, 4.69) is 17.1 Å². The molecule has 0 amide bonds. The van der Waals surface area contributed by atoms with Crippen molar-refractivity contribution >= 4 is 5.84 Å². The molecule has 2 atom stereocenters. The van der Waals surface area contributed by atoms with Crippen LogP contribution in [0.25, 0.3) is 11.1 Å². The summed E-state index contributed by atoms with van der Waals surface area (Å²) in [4.78, 5) is 4.65. The maximum atomic E-state index is 8.90. The monoisotopic (exact) mass is 305 g/mol. The summed E-state index contributed by atoms with van der Waals surface area (Å²) in [5.41, 5.74) is 9.36. The molecule has 3 rings (SSSR count). The summed E-state index contributed by atoms with van der Waals surface area (Å²) in [6.07, 6.45) is -0.134. The van der Waals surface area contributed by atoms with E-state index >= 15 is 0 Å². The number of aliphatic imine (C=N–C) groups is 1. The lowest BCUT2D eigenvalue weighted by Crippen LogP contribution is -2.42. The fraction of sp³-hybridized carbons (Fsp3) is 0.263. The van der Waals surface area contributed by atoms with Crippen molar-refractivity contribution in [1.82, 2.24) is 0 Å². The summed E-state index contributed by atoms with van der Waals surface area (Å²) < 4.78 is 5.74. The highest BCUT2D eigenvalue weighted by atomic mass is 16.5. The lowest BCUT2D eigenvalue weighted by atomic mass is 9.89. The summed E-state index contributed by atoms with van der Waals surface area (Å²) in [5, 5.41) is 8.90. The van der Waals surface area contributed by atoms with Gasteiger partial charge in [-0.1, -0.05) is 30.3 Å². The third kappa shape index (κ3) is 2.96. The molecular formula is C19H19N3O. The molecular weight excluding hydrogens is 286 g/mol. The van der Waals surface area contributed by atoms with E-state index in [0.717, 1.165) is 16.7 Å². The SMILES string of the molecule is CC1OCC(C)(c2cccc(-c3ccc(C#N)cc3)c2)N=C1N. The van der Waals surface area contributed by atoms with Crippen LogP contribution in [0.15, 0.2) is 53.5 Å². The number of ether oxygens (including phenoxy) is 1. The first kappa shape index (κ1) is 15.3. The molecule has 0 fully saturated rings. The Morgan fingerprint density at radius 2 is 1.96 bits per heavy atom. The zero-order valence-corrected chi connectivity index (χ0v) is 13.3. The van der Waals surface area contributed by atoms with Crippen molar-refractivity contribution in [3.63, 3.8) is 0 Å². The van der Waals surface area contributed by atoms with E-state index in [1.165, 1.54) is 0 Å². The van der Waals surface area contributed by atoms with E-state index in [1.807, 2.05) is 56.3 Å². The maximum Gasteiger partial charge on any atom is 0.124 e. The molecule has 0 saturated heterocycles. The Labute approximate surface area is 136 Å². The van der Waals surface area contributed by atoms with Gasteiger partial charge in [-0.25, -0.2) is 0 Å². The number of nitrogens with two attached hydrogens (primary N) is 1. The lowest BCUT2D eigenvalue weighted by Gasteiger charge is -2.33. The number of hydrogen-bond acceptors (Lipinski definition) is 4. The molecule has 116 valence electrons. The first-order valence-electron chi connectivity index (χ1n) is 7.60. The molecule has 0 aromatic heterocycles. The van der Waals surface area contributed by atoms with Crippen LogP contribution in [-0.2, 0) is 10.3 Å². The highest BCUT2D eigenvalue weighted by molar-refractivity contribution is 5.85. The highest BCUT2D eigenvalue weighted by Crippen LogP contribution is 2.32. The maximum absolute atomic E-state index is 8.90. The quantitative estimate of drug-likeness (QED) is 0.926. The Hall–Kier alpha value is -2.64. The Kier molecular flexibility index (Phi) is 3.89. The second-order valence-corrected chi connectivity index (χ2v) is 6.03. The average Bonchev–Trinajstić information content (AvgIpc) is 2.59.